The second-order valence-electron chi connectivity index (χ2n) is 6.57. The Morgan fingerprint density at radius 2 is 1.77 bits per heavy atom. The van der Waals surface area contributed by atoms with Crippen LogP contribution in [0.15, 0.2) is 66.0 Å². The van der Waals surface area contributed by atoms with E-state index < -0.39 is 5.97 Å². The summed E-state index contributed by atoms with van der Waals surface area (Å²) in [6.07, 6.45) is 1.37. The molecule has 0 saturated carbocycles. The van der Waals surface area contributed by atoms with Crippen LogP contribution in [0.1, 0.15) is 16.7 Å². The third kappa shape index (κ3) is 5.39. The molecule has 1 heterocycles. The van der Waals surface area contributed by atoms with Crippen LogP contribution in [0.25, 0.3) is 5.57 Å². The molecule has 1 aliphatic heterocycles. The second-order valence-corrected chi connectivity index (χ2v) is 6.57. The van der Waals surface area contributed by atoms with E-state index in [9.17, 15) is 4.79 Å². The van der Waals surface area contributed by atoms with E-state index in [-0.39, 0.29) is 6.61 Å². The molecule has 7 nitrogen and oxygen atoms in total. The van der Waals surface area contributed by atoms with Crippen LogP contribution in [0.4, 0.5) is 0 Å². The van der Waals surface area contributed by atoms with Crippen molar-refractivity contribution in [2.75, 3.05) is 40.5 Å². The lowest BCUT2D eigenvalue weighted by molar-refractivity contribution is -0.133. The molecule has 0 aromatic heterocycles. The molecule has 7 heteroatoms. The minimum Gasteiger partial charge on any atom is -0.503 e. The monoisotopic (exact) mass is 410 g/mol. The van der Waals surface area contributed by atoms with E-state index in [1.807, 2.05) is 54.6 Å². The summed E-state index contributed by atoms with van der Waals surface area (Å²) in [5.74, 6) is 0.281. The molecule has 0 unspecified atom stereocenters. The van der Waals surface area contributed by atoms with Gasteiger partial charge < -0.3 is 23.9 Å². The first-order chi connectivity index (χ1) is 14.7. The number of oxime groups is 1. The van der Waals surface area contributed by atoms with Gasteiger partial charge in [-0.1, -0.05) is 59.8 Å². The molecule has 0 radical (unpaired) electrons. The summed E-state index contributed by atoms with van der Waals surface area (Å²) in [7, 11) is 2.82. The summed E-state index contributed by atoms with van der Waals surface area (Å²) < 4.78 is 15.4. The number of methoxy groups -OCH3 is 2. The lowest BCUT2D eigenvalue weighted by Gasteiger charge is -2.29. The maximum absolute atomic E-state index is 12.2. The molecule has 2 aromatic rings. The number of carbonyl (C=O) groups is 1. The summed E-state index contributed by atoms with van der Waals surface area (Å²) >= 11 is 0. The quantitative estimate of drug-likeness (QED) is 0.175. The maximum Gasteiger partial charge on any atom is 0.341 e. The molecule has 1 fully saturated rings. The molecular weight excluding hydrogens is 384 g/mol. The standard InChI is InChI=1S/C23H26N2O5/c1-27-17-21(23(26)28-2)20-11-7-6-10-19(20)16-30-24-22(18-8-4-3-5-9-18)25-12-14-29-15-13-25/h3-11,17H,12-16H2,1-2H3. The van der Waals surface area contributed by atoms with E-state index in [4.69, 9.17) is 19.0 Å². The lowest BCUT2D eigenvalue weighted by atomic mass is 10.0. The molecule has 0 spiro atoms. The first-order valence-corrected chi connectivity index (χ1v) is 9.72. The Kier molecular flexibility index (Phi) is 7.86. The maximum atomic E-state index is 12.2. The molecule has 0 N–H and O–H groups in total. The number of hydrogen-bond donors (Lipinski definition) is 0. The van der Waals surface area contributed by atoms with E-state index in [1.165, 1.54) is 20.5 Å². The van der Waals surface area contributed by atoms with Crippen molar-refractivity contribution in [3.8, 4) is 0 Å². The molecule has 158 valence electrons. The molecule has 1 aliphatic rings. The van der Waals surface area contributed by atoms with Crippen molar-refractivity contribution in [1.82, 2.24) is 4.90 Å². The molecule has 30 heavy (non-hydrogen) atoms. The predicted octanol–water partition coefficient (Wildman–Crippen LogP) is 3.06. The van der Waals surface area contributed by atoms with Gasteiger partial charge in [0.05, 0.1) is 33.7 Å². The van der Waals surface area contributed by atoms with Crippen LogP contribution in [0.5, 0.6) is 0 Å². The van der Waals surface area contributed by atoms with Gasteiger partial charge in [-0.05, 0) is 5.56 Å². The van der Waals surface area contributed by atoms with Crippen molar-refractivity contribution in [1.29, 1.82) is 0 Å². The fourth-order valence-electron chi connectivity index (χ4n) is 3.18. The molecule has 0 aliphatic carbocycles. The fraction of sp³-hybridized carbons (Fsp3) is 0.304. The Hall–Kier alpha value is -3.32. The number of carbonyl (C=O) groups excluding carboxylic acids is 1. The van der Waals surface area contributed by atoms with Crippen molar-refractivity contribution in [2.45, 2.75) is 6.61 Å². The summed E-state index contributed by atoms with van der Waals surface area (Å²) in [6, 6.07) is 17.3. The Morgan fingerprint density at radius 3 is 2.47 bits per heavy atom. The highest BCUT2D eigenvalue weighted by atomic mass is 16.6. The van der Waals surface area contributed by atoms with Crippen LogP contribution in [-0.2, 0) is 30.4 Å². The van der Waals surface area contributed by atoms with Gasteiger partial charge in [-0.3, -0.25) is 0 Å². The molecular formula is C23H26N2O5. The van der Waals surface area contributed by atoms with Crippen LogP contribution in [-0.4, -0.2) is 57.2 Å². The summed E-state index contributed by atoms with van der Waals surface area (Å²) in [6.45, 7) is 2.99. The zero-order valence-corrected chi connectivity index (χ0v) is 17.2. The third-order valence-corrected chi connectivity index (χ3v) is 4.66. The van der Waals surface area contributed by atoms with Crippen molar-refractivity contribution < 1.29 is 23.8 Å². The fourth-order valence-corrected chi connectivity index (χ4v) is 3.18. The summed E-state index contributed by atoms with van der Waals surface area (Å²) in [5.41, 5.74) is 2.76. The van der Waals surface area contributed by atoms with Gasteiger partial charge in [-0.25, -0.2) is 4.79 Å². The molecule has 0 amide bonds. The van der Waals surface area contributed by atoms with Crippen molar-refractivity contribution >= 4 is 17.4 Å². The van der Waals surface area contributed by atoms with Gasteiger partial charge in [-0.2, -0.15) is 0 Å². The number of rotatable bonds is 7. The topological polar surface area (TPSA) is 69.6 Å². The van der Waals surface area contributed by atoms with Gasteiger partial charge in [-0.15, -0.1) is 0 Å². The van der Waals surface area contributed by atoms with Gasteiger partial charge in [0.25, 0.3) is 0 Å². The van der Waals surface area contributed by atoms with Crippen LogP contribution in [0.2, 0.25) is 0 Å². The number of amidine groups is 1. The summed E-state index contributed by atoms with van der Waals surface area (Å²) in [4.78, 5) is 20.1. The number of nitrogens with zero attached hydrogens (tertiary/aromatic N) is 2. The molecule has 0 bridgehead atoms. The number of ether oxygens (including phenoxy) is 3. The Morgan fingerprint density at radius 1 is 1.07 bits per heavy atom. The van der Waals surface area contributed by atoms with Gasteiger partial charge in [0.15, 0.2) is 5.84 Å². The highest BCUT2D eigenvalue weighted by molar-refractivity contribution is 6.16. The Bertz CT molecular complexity index is 889. The van der Waals surface area contributed by atoms with Crippen molar-refractivity contribution in [3.05, 3.63) is 77.5 Å². The number of hydrogen-bond acceptors (Lipinski definition) is 6. The lowest BCUT2D eigenvalue weighted by Crippen LogP contribution is -2.41. The normalized spacial score (nSPS) is 14.9. The Labute approximate surface area is 176 Å². The predicted molar refractivity (Wildman–Crippen MR) is 114 cm³/mol. The zero-order valence-electron chi connectivity index (χ0n) is 17.2. The summed E-state index contributed by atoms with van der Waals surface area (Å²) in [5, 5.41) is 4.44. The SMILES string of the molecule is COC=C(C(=O)OC)c1ccccc1CON=C(c1ccccc1)N1CCOCC1. The van der Waals surface area contributed by atoms with E-state index in [2.05, 4.69) is 10.1 Å². The minimum absolute atomic E-state index is 0.189. The van der Waals surface area contributed by atoms with Gasteiger partial charge in [0.1, 0.15) is 12.2 Å². The van der Waals surface area contributed by atoms with Crippen LogP contribution < -0.4 is 0 Å². The van der Waals surface area contributed by atoms with E-state index >= 15 is 0 Å². The van der Waals surface area contributed by atoms with Crippen LogP contribution in [0.3, 0.4) is 0 Å². The first kappa shape index (κ1) is 21.4. The molecule has 0 atom stereocenters. The van der Waals surface area contributed by atoms with Gasteiger partial charge in [0, 0.05) is 24.2 Å². The number of morpholine rings is 1. The first-order valence-electron chi connectivity index (χ1n) is 9.72. The highest BCUT2D eigenvalue weighted by Gasteiger charge is 2.19. The van der Waals surface area contributed by atoms with Gasteiger partial charge >= 0.3 is 5.97 Å². The van der Waals surface area contributed by atoms with Gasteiger partial charge in [0.2, 0.25) is 0 Å². The largest absolute Gasteiger partial charge is 0.503 e. The second kappa shape index (κ2) is 11.0. The minimum atomic E-state index is -0.480. The van der Waals surface area contributed by atoms with E-state index in [0.29, 0.717) is 24.4 Å². The average molecular weight is 410 g/mol. The number of esters is 1. The molecule has 2 aromatic carbocycles. The molecule has 3 rings (SSSR count). The Balaban J connectivity index is 1.83. The highest BCUT2D eigenvalue weighted by Crippen LogP contribution is 2.22. The van der Waals surface area contributed by atoms with E-state index in [1.54, 1.807) is 0 Å². The zero-order chi connectivity index (χ0) is 21.2. The number of benzene rings is 2. The third-order valence-electron chi connectivity index (χ3n) is 4.66. The average Bonchev–Trinajstić information content (AvgIpc) is 2.81. The van der Waals surface area contributed by atoms with E-state index in [0.717, 1.165) is 30.1 Å². The van der Waals surface area contributed by atoms with Crippen molar-refractivity contribution in [3.63, 3.8) is 0 Å². The smallest absolute Gasteiger partial charge is 0.341 e. The van der Waals surface area contributed by atoms with Crippen LogP contribution >= 0.6 is 0 Å². The van der Waals surface area contributed by atoms with Crippen LogP contribution in [0, 0.1) is 0 Å². The molecule has 1 saturated heterocycles. The van der Waals surface area contributed by atoms with Crippen molar-refractivity contribution in [2.24, 2.45) is 5.16 Å².